The summed E-state index contributed by atoms with van der Waals surface area (Å²) in [5.41, 5.74) is 7.57. The van der Waals surface area contributed by atoms with Crippen LogP contribution in [0.25, 0.3) is 0 Å². The molecule has 0 spiro atoms. The van der Waals surface area contributed by atoms with Crippen molar-refractivity contribution in [2.75, 3.05) is 25.4 Å². The van der Waals surface area contributed by atoms with E-state index < -0.39 is 0 Å². The van der Waals surface area contributed by atoms with Gasteiger partial charge in [0.1, 0.15) is 0 Å². The lowest BCUT2D eigenvalue weighted by atomic mass is 10.2. The van der Waals surface area contributed by atoms with E-state index in [0.717, 1.165) is 38.2 Å². The molecule has 1 aromatic heterocycles. The van der Waals surface area contributed by atoms with E-state index in [1.807, 2.05) is 6.92 Å². The highest BCUT2D eigenvalue weighted by Gasteiger charge is 2.19. The van der Waals surface area contributed by atoms with Gasteiger partial charge in [0, 0.05) is 12.6 Å². The average molecular weight is 281 g/mol. The Bertz CT molecular complexity index is 425. The van der Waals surface area contributed by atoms with Crippen LogP contribution in [0.5, 0.6) is 0 Å². The summed E-state index contributed by atoms with van der Waals surface area (Å²) in [5, 5.41) is 9.83. The molecule has 0 saturated heterocycles. The molecular formula is C14H27N5O. The van der Waals surface area contributed by atoms with Crippen LogP contribution in [0.4, 0.5) is 5.69 Å². The molecule has 0 aromatic carbocycles. The van der Waals surface area contributed by atoms with Gasteiger partial charge >= 0.3 is 0 Å². The van der Waals surface area contributed by atoms with Crippen molar-refractivity contribution in [3.05, 3.63) is 11.4 Å². The molecular weight excluding hydrogens is 254 g/mol. The molecule has 1 amide bonds. The minimum Gasteiger partial charge on any atom is -0.395 e. The smallest absolute Gasteiger partial charge is 0.274 e. The molecule has 4 N–H and O–H groups in total. The maximum absolute atomic E-state index is 12.2. The first-order chi connectivity index (χ1) is 9.53. The van der Waals surface area contributed by atoms with Gasteiger partial charge in [0.2, 0.25) is 0 Å². The van der Waals surface area contributed by atoms with Crippen LogP contribution in [0.15, 0.2) is 0 Å². The number of aryl methyl sites for hydroxylation is 1. The molecule has 0 saturated carbocycles. The molecule has 114 valence electrons. The normalized spacial score (nSPS) is 12.7. The summed E-state index contributed by atoms with van der Waals surface area (Å²) in [6.45, 7) is 11.1. The lowest BCUT2D eigenvalue weighted by Crippen LogP contribution is -2.42. The fourth-order valence-electron chi connectivity index (χ4n) is 2.21. The van der Waals surface area contributed by atoms with Gasteiger partial charge in [-0.15, -0.1) is 0 Å². The number of aromatic amines is 1. The standard InChI is InChI=1S/C14H27N5O/c1-5-8-11-12(15)13(18-17-11)14(20)16-10(4)9-19(6-2)7-3/h10H,5-9,15H2,1-4H3,(H,16,20)(H,17,18). The number of hydrogen-bond acceptors (Lipinski definition) is 4. The number of nitrogen functional groups attached to an aromatic ring is 1. The van der Waals surface area contributed by atoms with E-state index in [9.17, 15) is 4.79 Å². The van der Waals surface area contributed by atoms with Gasteiger partial charge in [0.25, 0.3) is 5.91 Å². The van der Waals surface area contributed by atoms with Crippen LogP contribution in [0.1, 0.15) is 50.3 Å². The van der Waals surface area contributed by atoms with Crippen LogP contribution in [0.3, 0.4) is 0 Å². The number of nitrogens with two attached hydrogens (primary N) is 1. The molecule has 6 nitrogen and oxygen atoms in total. The monoisotopic (exact) mass is 281 g/mol. The highest BCUT2D eigenvalue weighted by atomic mass is 16.2. The van der Waals surface area contributed by atoms with Crippen LogP contribution >= 0.6 is 0 Å². The molecule has 1 unspecified atom stereocenters. The summed E-state index contributed by atoms with van der Waals surface area (Å²) >= 11 is 0. The van der Waals surface area contributed by atoms with Gasteiger partial charge in [-0.3, -0.25) is 9.89 Å². The second-order valence-electron chi connectivity index (χ2n) is 5.07. The summed E-state index contributed by atoms with van der Waals surface area (Å²) in [7, 11) is 0. The predicted molar refractivity (Wildman–Crippen MR) is 81.7 cm³/mol. The first-order valence-corrected chi connectivity index (χ1v) is 7.39. The number of aromatic nitrogens is 2. The molecule has 6 heteroatoms. The number of hydrogen-bond donors (Lipinski definition) is 3. The number of nitrogens with one attached hydrogen (secondary N) is 2. The number of nitrogens with zero attached hydrogens (tertiary/aromatic N) is 2. The molecule has 20 heavy (non-hydrogen) atoms. The molecule has 0 radical (unpaired) electrons. The van der Waals surface area contributed by atoms with Crippen LogP contribution in [0, 0.1) is 0 Å². The predicted octanol–water partition coefficient (Wildman–Crippen LogP) is 1.40. The van der Waals surface area contributed by atoms with Crippen molar-refractivity contribution in [3.63, 3.8) is 0 Å². The zero-order chi connectivity index (χ0) is 15.1. The van der Waals surface area contributed by atoms with Crippen LogP contribution in [-0.4, -0.2) is 46.7 Å². The third-order valence-electron chi connectivity index (χ3n) is 3.40. The van der Waals surface area contributed by atoms with Crippen molar-refractivity contribution in [2.24, 2.45) is 0 Å². The quantitative estimate of drug-likeness (QED) is 0.672. The van der Waals surface area contributed by atoms with Gasteiger partial charge in [0.05, 0.1) is 11.4 Å². The summed E-state index contributed by atoms with van der Waals surface area (Å²) in [6.07, 6.45) is 1.77. The molecule has 1 atom stereocenters. The van der Waals surface area contributed by atoms with Crippen molar-refractivity contribution in [1.29, 1.82) is 0 Å². The minimum absolute atomic E-state index is 0.0631. The Balaban J connectivity index is 2.62. The van der Waals surface area contributed by atoms with Crippen LogP contribution < -0.4 is 11.1 Å². The van der Waals surface area contributed by atoms with Crippen molar-refractivity contribution >= 4 is 11.6 Å². The maximum Gasteiger partial charge on any atom is 0.274 e. The van der Waals surface area contributed by atoms with Gasteiger partial charge in [-0.25, -0.2) is 0 Å². The number of likely N-dealkylation sites (N-methyl/N-ethyl adjacent to an activating group) is 1. The summed E-state index contributed by atoms with van der Waals surface area (Å²) in [4.78, 5) is 14.4. The fraction of sp³-hybridized carbons (Fsp3) is 0.714. The summed E-state index contributed by atoms with van der Waals surface area (Å²) < 4.78 is 0. The molecule has 0 aliphatic carbocycles. The minimum atomic E-state index is -0.208. The number of rotatable bonds is 8. The van der Waals surface area contributed by atoms with Gasteiger partial charge in [-0.2, -0.15) is 5.10 Å². The lowest BCUT2D eigenvalue weighted by Gasteiger charge is -2.23. The number of anilines is 1. The first-order valence-electron chi connectivity index (χ1n) is 7.39. The number of carbonyl (C=O) groups excluding carboxylic acids is 1. The fourth-order valence-corrected chi connectivity index (χ4v) is 2.21. The molecule has 0 fully saturated rings. The third kappa shape index (κ3) is 4.23. The highest BCUT2D eigenvalue weighted by Crippen LogP contribution is 2.15. The van der Waals surface area contributed by atoms with Crippen molar-refractivity contribution in [1.82, 2.24) is 20.4 Å². The van der Waals surface area contributed by atoms with Gasteiger partial charge in [0.15, 0.2) is 5.69 Å². The zero-order valence-electron chi connectivity index (χ0n) is 13.0. The van der Waals surface area contributed by atoms with Crippen LogP contribution in [-0.2, 0) is 6.42 Å². The Morgan fingerprint density at radius 1 is 1.40 bits per heavy atom. The number of carbonyl (C=O) groups is 1. The van der Waals surface area contributed by atoms with Gasteiger partial charge < -0.3 is 16.0 Å². The molecule has 0 bridgehead atoms. The van der Waals surface area contributed by atoms with Gasteiger partial charge in [-0.05, 0) is 26.4 Å². The van der Waals surface area contributed by atoms with Crippen molar-refractivity contribution in [3.8, 4) is 0 Å². The van der Waals surface area contributed by atoms with Crippen LogP contribution in [0.2, 0.25) is 0 Å². The number of amides is 1. The van der Waals surface area contributed by atoms with E-state index in [2.05, 4.69) is 41.2 Å². The average Bonchev–Trinajstić information content (AvgIpc) is 2.78. The summed E-state index contributed by atoms with van der Waals surface area (Å²) in [5.74, 6) is -0.208. The highest BCUT2D eigenvalue weighted by molar-refractivity contribution is 5.97. The van der Waals surface area contributed by atoms with E-state index >= 15 is 0 Å². The largest absolute Gasteiger partial charge is 0.395 e. The topological polar surface area (TPSA) is 87.0 Å². The van der Waals surface area contributed by atoms with E-state index in [1.165, 1.54) is 0 Å². The van der Waals surface area contributed by atoms with Crippen molar-refractivity contribution in [2.45, 2.75) is 46.6 Å². The Morgan fingerprint density at radius 3 is 2.60 bits per heavy atom. The third-order valence-corrected chi connectivity index (χ3v) is 3.40. The Labute approximate surface area is 121 Å². The first kappa shape index (κ1) is 16.5. The summed E-state index contributed by atoms with van der Waals surface area (Å²) in [6, 6.07) is 0.0631. The van der Waals surface area contributed by atoms with Gasteiger partial charge in [-0.1, -0.05) is 27.2 Å². The van der Waals surface area contributed by atoms with E-state index in [1.54, 1.807) is 0 Å². The molecule has 1 heterocycles. The molecule has 1 rings (SSSR count). The Morgan fingerprint density at radius 2 is 2.05 bits per heavy atom. The molecule has 0 aliphatic rings. The molecule has 0 aliphatic heterocycles. The van der Waals surface area contributed by atoms with E-state index in [0.29, 0.717) is 11.4 Å². The SMILES string of the molecule is CCCc1[nH]nc(C(=O)NC(C)CN(CC)CC)c1N. The van der Waals surface area contributed by atoms with E-state index in [-0.39, 0.29) is 11.9 Å². The van der Waals surface area contributed by atoms with E-state index in [4.69, 9.17) is 5.73 Å². The second kappa shape index (κ2) is 7.89. The maximum atomic E-state index is 12.2. The lowest BCUT2D eigenvalue weighted by molar-refractivity contribution is 0.0926. The van der Waals surface area contributed by atoms with Crippen molar-refractivity contribution < 1.29 is 4.79 Å². The Kier molecular flexibility index (Phi) is 6.51. The number of H-pyrrole nitrogens is 1. The molecule has 1 aromatic rings. The zero-order valence-corrected chi connectivity index (χ0v) is 13.0. The second-order valence-corrected chi connectivity index (χ2v) is 5.07. The Hall–Kier alpha value is -1.56.